The van der Waals surface area contributed by atoms with Crippen LogP contribution in [0.2, 0.25) is 0 Å². The number of likely N-dealkylation sites (tertiary alicyclic amines) is 1. The molecule has 17 heavy (non-hydrogen) atoms. The van der Waals surface area contributed by atoms with E-state index >= 15 is 0 Å². The lowest BCUT2D eigenvalue weighted by Gasteiger charge is -2.41. The maximum atomic E-state index is 11.9. The van der Waals surface area contributed by atoms with E-state index in [1.807, 2.05) is 20.8 Å². The van der Waals surface area contributed by atoms with Crippen LogP contribution in [-0.4, -0.2) is 55.0 Å². The second kappa shape index (κ2) is 4.82. The van der Waals surface area contributed by atoms with Crippen molar-refractivity contribution in [2.75, 3.05) is 26.2 Å². The summed E-state index contributed by atoms with van der Waals surface area (Å²) in [6.45, 7) is 8.67. The van der Waals surface area contributed by atoms with Gasteiger partial charge >= 0.3 is 6.09 Å². The van der Waals surface area contributed by atoms with Gasteiger partial charge in [0.15, 0.2) is 0 Å². The van der Waals surface area contributed by atoms with Gasteiger partial charge in [0.05, 0.1) is 19.3 Å². The Bertz CT molecular complexity index is 288. The fourth-order valence-electron chi connectivity index (χ4n) is 2.27. The minimum atomic E-state index is -0.431. The largest absolute Gasteiger partial charge is 0.444 e. The van der Waals surface area contributed by atoms with Gasteiger partial charge in [0.2, 0.25) is 0 Å². The maximum Gasteiger partial charge on any atom is 0.410 e. The number of nitrogens with one attached hydrogen (secondary N) is 1. The molecule has 98 valence electrons. The van der Waals surface area contributed by atoms with Crippen molar-refractivity contribution in [1.82, 2.24) is 10.2 Å². The van der Waals surface area contributed by atoms with Crippen molar-refractivity contribution in [2.45, 2.75) is 44.9 Å². The monoisotopic (exact) mass is 242 g/mol. The second-order valence-corrected chi connectivity index (χ2v) is 5.68. The lowest BCUT2D eigenvalue weighted by atomic mass is 10.0. The SMILES string of the molecule is CC(C)(C)OC(=O)N1CC[C@H]2NCCO[C@@H]2C1. The van der Waals surface area contributed by atoms with Gasteiger partial charge in [-0.25, -0.2) is 4.79 Å². The molecule has 0 radical (unpaired) electrons. The molecule has 2 rings (SSSR count). The van der Waals surface area contributed by atoms with Crippen LogP contribution < -0.4 is 5.32 Å². The number of hydrogen-bond donors (Lipinski definition) is 1. The third-order valence-corrected chi connectivity index (χ3v) is 3.05. The third-order valence-electron chi connectivity index (χ3n) is 3.05. The molecule has 0 aromatic carbocycles. The molecule has 0 aromatic rings. The van der Waals surface area contributed by atoms with E-state index in [9.17, 15) is 4.79 Å². The normalized spacial score (nSPS) is 29.7. The van der Waals surface area contributed by atoms with Gasteiger partial charge in [0.25, 0.3) is 0 Å². The van der Waals surface area contributed by atoms with Crippen LogP contribution in [0.25, 0.3) is 0 Å². The molecule has 5 nitrogen and oxygen atoms in total. The predicted octanol–water partition coefficient (Wildman–Crippen LogP) is 0.984. The fraction of sp³-hybridized carbons (Fsp3) is 0.917. The molecule has 5 heteroatoms. The minimum absolute atomic E-state index is 0.116. The van der Waals surface area contributed by atoms with Crippen molar-refractivity contribution in [3.05, 3.63) is 0 Å². The summed E-state index contributed by atoms with van der Waals surface area (Å²) in [6, 6.07) is 0.391. The number of hydrogen-bond acceptors (Lipinski definition) is 4. The Morgan fingerprint density at radius 1 is 1.47 bits per heavy atom. The third kappa shape index (κ3) is 3.33. The molecule has 0 saturated carbocycles. The summed E-state index contributed by atoms with van der Waals surface area (Å²) < 4.78 is 11.0. The number of ether oxygens (including phenoxy) is 2. The quantitative estimate of drug-likeness (QED) is 0.688. The summed E-state index contributed by atoms with van der Waals surface area (Å²) in [5.74, 6) is 0. The molecule has 0 aromatic heterocycles. The smallest absolute Gasteiger partial charge is 0.410 e. The van der Waals surface area contributed by atoms with E-state index in [2.05, 4.69) is 5.32 Å². The van der Waals surface area contributed by atoms with Gasteiger partial charge in [0, 0.05) is 19.1 Å². The minimum Gasteiger partial charge on any atom is -0.444 e. The van der Waals surface area contributed by atoms with Crippen molar-refractivity contribution >= 4 is 6.09 Å². The van der Waals surface area contributed by atoms with Crippen molar-refractivity contribution in [3.63, 3.8) is 0 Å². The Kier molecular flexibility index (Phi) is 3.58. The number of nitrogens with zero attached hydrogens (tertiary/aromatic N) is 1. The maximum absolute atomic E-state index is 11.9. The highest BCUT2D eigenvalue weighted by atomic mass is 16.6. The van der Waals surface area contributed by atoms with Gasteiger partial charge in [0.1, 0.15) is 5.60 Å². The summed E-state index contributed by atoms with van der Waals surface area (Å²) in [5.41, 5.74) is -0.431. The molecular formula is C12H22N2O3. The molecule has 2 aliphatic rings. The first-order valence-corrected chi connectivity index (χ1v) is 6.28. The van der Waals surface area contributed by atoms with Gasteiger partial charge in [-0.1, -0.05) is 0 Å². The predicted molar refractivity (Wildman–Crippen MR) is 64.0 cm³/mol. The fourth-order valence-corrected chi connectivity index (χ4v) is 2.27. The van der Waals surface area contributed by atoms with Gasteiger partial charge < -0.3 is 19.7 Å². The Morgan fingerprint density at radius 2 is 2.24 bits per heavy atom. The number of carbonyl (C=O) groups excluding carboxylic acids is 1. The van der Waals surface area contributed by atoms with Crippen LogP contribution in [0.1, 0.15) is 27.2 Å². The molecule has 0 spiro atoms. The van der Waals surface area contributed by atoms with Crippen LogP contribution in [0.5, 0.6) is 0 Å². The zero-order valence-corrected chi connectivity index (χ0v) is 10.9. The van der Waals surface area contributed by atoms with E-state index in [-0.39, 0.29) is 12.2 Å². The molecule has 2 heterocycles. The standard InChI is InChI=1S/C12H22N2O3/c1-12(2,3)17-11(15)14-6-4-9-10(8-14)16-7-5-13-9/h9-10,13H,4-8H2,1-3H3/t9-,10-/m1/s1. The summed E-state index contributed by atoms with van der Waals surface area (Å²) in [7, 11) is 0. The Hall–Kier alpha value is -0.810. The lowest BCUT2D eigenvalue weighted by molar-refractivity contribution is -0.0532. The van der Waals surface area contributed by atoms with Crippen LogP contribution in [0, 0.1) is 0 Å². The van der Waals surface area contributed by atoms with E-state index in [0.717, 1.165) is 26.1 Å². The highest BCUT2D eigenvalue weighted by Crippen LogP contribution is 2.19. The highest BCUT2D eigenvalue weighted by Gasteiger charge is 2.35. The molecular weight excluding hydrogens is 220 g/mol. The Labute approximate surface area is 102 Å². The molecule has 2 aliphatic heterocycles. The zero-order chi connectivity index (χ0) is 12.5. The first-order valence-electron chi connectivity index (χ1n) is 6.28. The average Bonchev–Trinajstić information content (AvgIpc) is 2.26. The van der Waals surface area contributed by atoms with E-state index in [0.29, 0.717) is 12.6 Å². The Balaban J connectivity index is 1.89. The van der Waals surface area contributed by atoms with Crippen molar-refractivity contribution in [2.24, 2.45) is 0 Å². The first-order chi connectivity index (χ1) is 7.96. The van der Waals surface area contributed by atoms with E-state index in [4.69, 9.17) is 9.47 Å². The molecule has 0 aliphatic carbocycles. The van der Waals surface area contributed by atoms with Gasteiger partial charge in [-0.05, 0) is 27.2 Å². The van der Waals surface area contributed by atoms with Crippen LogP contribution in [0.15, 0.2) is 0 Å². The Morgan fingerprint density at radius 3 is 2.94 bits per heavy atom. The van der Waals surface area contributed by atoms with Gasteiger partial charge in [-0.15, -0.1) is 0 Å². The number of fused-ring (bicyclic) bond motifs is 1. The van der Waals surface area contributed by atoms with Crippen LogP contribution in [0.3, 0.4) is 0 Å². The highest BCUT2D eigenvalue weighted by molar-refractivity contribution is 5.68. The molecule has 2 fully saturated rings. The van der Waals surface area contributed by atoms with E-state index in [1.165, 1.54) is 0 Å². The van der Waals surface area contributed by atoms with Crippen molar-refractivity contribution in [1.29, 1.82) is 0 Å². The summed E-state index contributed by atoms with van der Waals surface area (Å²) >= 11 is 0. The molecule has 1 amide bonds. The number of carbonyl (C=O) groups is 1. The molecule has 0 unspecified atom stereocenters. The summed E-state index contributed by atoms with van der Waals surface area (Å²) in [6.07, 6.45) is 0.819. The topological polar surface area (TPSA) is 50.8 Å². The second-order valence-electron chi connectivity index (χ2n) is 5.68. The van der Waals surface area contributed by atoms with Crippen LogP contribution in [0.4, 0.5) is 4.79 Å². The van der Waals surface area contributed by atoms with Crippen LogP contribution >= 0.6 is 0 Å². The van der Waals surface area contributed by atoms with E-state index in [1.54, 1.807) is 4.90 Å². The van der Waals surface area contributed by atoms with Crippen molar-refractivity contribution in [3.8, 4) is 0 Å². The molecule has 2 atom stereocenters. The molecule has 2 saturated heterocycles. The zero-order valence-electron chi connectivity index (χ0n) is 10.9. The van der Waals surface area contributed by atoms with Crippen LogP contribution in [-0.2, 0) is 9.47 Å². The summed E-state index contributed by atoms with van der Waals surface area (Å²) in [5, 5.41) is 3.42. The first kappa shape index (κ1) is 12.6. The number of amides is 1. The number of piperidine rings is 1. The number of morpholine rings is 1. The molecule has 1 N–H and O–H groups in total. The average molecular weight is 242 g/mol. The lowest BCUT2D eigenvalue weighted by Crippen LogP contribution is -2.59. The number of rotatable bonds is 0. The van der Waals surface area contributed by atoms with Gasteiger partial charge in [-0.3, -0.25) is 0 Å². The van der Waals surface area contributed by atoms with Crippen molar-refractivity contribution < 1.29 is 14.3 Å². The molecule has 0 bridgehead atoms. The van der Waals surface area contributed by atoms with Gasteiger partial charge in [-0.2, -0.15) is 0 Å². The summed E-state index contributed by atoms with van der Waals surface area (Å²) in [4.78, 5) is 13.7. The van der Waals surface area contributed by atoms with E-state index < -0.39 is 5.60 Å².